The minimum Gasteiger partial charge on any atom is -0.481 e. The number of hydrogen-bond acceptors (Lipinski definition) is 4. The first-order valence-electron chi connectivity index (χ1n) is 8.21. The highest BCUT2D eigenvalue weighted by Crippen LogP contribution is 2.22. The summed E-state index contributed by atoms with van der Waals surface area (Å²) in [5, 5.41) is 11.6. The molecule has 0 aliphatic carbocycles. The van der Waals surface area contributed by atoms with Crippen LogP contribution in [0.3, 0.4) is 0 Å². The van der Waals surface area contributed by atoms with E-state index in [4.69, 9.17) is 9.84 Å². The first-order valence-corrected chi connectivity index (χ1v) is 8.21. The zero-order chi connectivity index (χ0) is 18.4. The van der Waals surface area contributed by atoms with Gasteiger partial charge in [0.2, 0.25) is 0 Å². The number of halogens is 1. The normalized spacial score (nSPS) is 15.6. The number of anilines is 1. The molecule has 0 aromatic heterocycles. The highest BCUT2D eigenvalue weighted by Gasteiger charge is 2.19. The molecule has 25 heavy (non-hydrogen) atoms. The molecule has 0 bridgehead atoms. The molecule has 1 fully saturated rings. The number of morpholine rings is 1. The van der Waals surface area contributed by atoms with Gasteiger partial charge in [0.1, 0.15) is 5.82 Å². The van der Waals surface area contributed by atoms with Gasteiger partial charge in [0.25, 0.3) is 0 Å². The van der Waals surface area contributed by atoms with E-state index in [0.29, 0.717) is 31.9 Å². The van der Waals surface area contributed by atoms with Crippen molar-refractivity contribution in [3.8, 4) is 0 Å². The lowest BCUT2D eigenvalue weighted by atomic mass is 10.1. The topological polar surface area (TPSA) is 82.1 Å². The summed E-state index contributed by atoms with van der Waals surface area (Å²) in [4.78, 5) is 26.4. The van der Waals surface area contributed by atoms with Gasteiger partial charge in [-0.2, -0.15) is 0 Å². The van der Waals surface area contributed by atoms with Crippen LogP contribution in [0.25, 0.3) is 0 Å². The average Bonchev–Trinajstić information content (AvgIpc) is 2.60. The maximum absolute atomic E-state index is 13.6. The predicted molar refractivity (Wildman–Crippen MR) is 91.1 cm³/mol. The molecule has 2 rings (SSSR count). The third kappa shape index (κ3) is 5.32. The van der Waals surface area contributed by atoms with Crippen LogP contribution >= 0.6 is 0 Å². The van der Waals surface area contributed by atoms with Crippen LogP contribution in [0.4, 0.5) is 14.9 Å². The van der Waals surface area contributed by atoms with Crippen LogP contribution in [0.1, 0.15) is 12.5 Å². The number of aliphatic carboxylic acids is 1. The van der Waals surface area contributed by atoms with E-state index >= 15 is 0 Å². The fourth-order valence-electron chi connectivity index (χ4n) is 2.69. The van der Waals surface area contributed by atoms with E-state index in [2.05, 4.69) is 10.2 Å². The van der Waals surface area contributed by atoms with E-state index in [-0.39, 0.29) is 18.9 Å². The fourth-order valence-corrected chi connectivity index (χ4v) is 2.69. The Labute approximate surface area is 146 Å². The molecule has 138 valence electrons. The Balaban J connectivity index is 2.00. The summed E-state index contributed by atoms with van der Waals surface area (Å²) in [6.07, 6.45) is 0. The van der Waals surface area contributed by atoms with Crippen LogP contribution in [0.5, 0.6) is 0 Å². The van der Waals surface area contributed by atoms with E-state index in [9.17, 15) is 14.0 Å². The number of nitrogens with zero attached hydrogens (tertiary/aromatic N) is 2. The zero-order valence-electron chi connectivity index (χ0n) is 14.5. The van der Waals surface area contributed by atoms with Crippen molar-refractivity contribution in [1.82, 2.24) is 10.2 Å². The minimum absolute atomic E-state index is 0.0979. The molecule has 2 N–H and O–H groups in total. The molecule has 0 radical (unpaired) electrons. The number of benzene rings is 1. The number of ether oxygens (including phenoxy) is 1. The molecule has 2 amide bonds. The van der Waals surface area contributed by atoms with E-state index in [1.807, 2.05) is 0 Å². The maximum Gasteiger partial charge on any atom is 0.317 e. The Morgan fingerprint density at radius 1 is 1.40 bits per heavy atom. The van der Waals surface area contributed by atoms with Gasteiger partial charge in [-0.3, -0.25) is 4.79 Å². The molecule has 1 aliphatic rings. The molecule has 1 aromatic rings. The lowest BCUT2D eigenvalue weighted by Crippen LogP contribution is -2.41. The molecule has 1 heterocycles. The molecule has 1 saturated heterocycles. The lowest BCUT2D eigenvalue weighted by Gasteiger charge is -2.31. The van der Waals surface area contributed by atoms with Crippen LogP contribution < -0.4 is 10.2 Å². The molecule has 1 unspecified atom stereocenters. The summed E-state index contributed by atoms with van der Waals surface area (Å²) in [5.41, 5.74) is 1.54. The van der Waals surface area contributed by atoms with Gasteiger partial charge in [-0.25, -0.2) is 9.18 Å². The van der Waals surface area contributed by atoms with Gasteiger partial charge in [0.15, 0.2) is 0 Å². The molecule has 1 atom stereocenters. The van der Waals surface area contributed by atoms with Crippen molar-refractivity contribution < 1.29 is 23.8 Å². The average molecular weight is 353 g/mol. The summed E-state index contributed by atoms with van der Waals surface area (Å²) >= 11 is 0. The lowest BCUT2D eigenvalue weighted by molar-refractivity contribution is -0.141. The van der Waals surface area contributed by atoms with Crippen molar-refractivity contribution in [1.29, 1.82) is 0 Å². The number of hydrogen-bond donors (Lipinski definition) is 2. The third-order valence-corrected chi connectivity index (χ3v) is 4.14. The number of nitrogens with one attached hydrogen (secondary N) is 1. The van der Waals surface area contributed by atoms with E-state index < -0.39 is 17.9 Å². The Kier molecular flexibility index (Phi) is 6.58. The number of carboxylic acid groups (broad SMARTS) is 1. The van der Waals surface area contributed by atoms with E-state index in [1.165, 1.54) is 31.0 Å². The third-order valence-electron chi connectivity index (χ3n) is 4.14. The Morgan fingerprint density at radius 3 is 2.72 bits per heavy atom. The van der Waals surface area contributed by atoms with Crippen LogP contribution in [0.15, 0.2) is 18.2 Å². The second kappa shape index (κ2) is 8.66. The second-order valence-corrected chi connectivity index (χ2v) is 6.15. The first kappa shape index (κ1) is 19.0. The zero-order valence-corrected chi connectivity index (χ0v) is 14.5. The molecule has 1 aliphatic heterocycles. The van der Waals surface area contributed by atoms with Crippen molar-refractivity contribution >= 4 is 17.7 Å². The summed E-state index contributed by atoms with van der Waals surface area (Å²) < 4.78 is 19.0. The van der Waals surface area contributed by atoms with Crippen LogP contribution in [0.2, 0.25) is 0 Å². The Morgan fingerprint density at radius 2 is 2.08 bits per heavy atom. The van der Waals surface area contributed by atoms with E-state index in [0.717, 1.165) is 5.69 Å². The molecular weight excluding hydrogens is 329 g/mol. The van der Waals surface area contributed by atoms with Crippen LogP contribution in [-0.4, -0.2) is 61.9 Å². The summed E-state index contributed by atoms with van der Waals surface area (Å²) in [7, 11) is 1.53. The monoisotopic (exact) mass is 353 g/mol. The molecule has 0 saturated carbocycles. The van der Waals surface area contributed by atoms with Gasteiger partial charge in [0.05, 0.1) is 19.1 Å². The summed E-state index contributed by atoms with van der Waals surface area (Å²) in [6, 6.07) is 4.12. The summed E-state index contributed by atoms with van der Waals surface area (Å²) in [5.74, 6) is -1.98. The number of carbonyl (C=O) groups is 2. The van der Waals surface area contributed by atoms with Crippen molar-refractivity contribution in [3.63, 3.8) is 0 Å². The van der Waals surface area contributed by atoms with Crippen LogP contribution in [0, 0.1) is 11.7 Å². The molecule has 0 spiro atoms. The second-order valence-electron chi connectivity index (χ2n) is 6.15. The SMILES string of the molecule is CC(CN(C)C(=O)NCc1cc(F)ccc1N1CCOCC1)C(=O)O. The number of carbonyl (C=O) groups excluding carboxylic acids is 1. The highest BCUT2D eigenvalue weighted by molar-refractivity contribution is 5.76. The fraction of sp³-hybridized carbons (Fsp3) is 0.529. The van der Waals surface area contributed by atoms with Gasteiger partial charge < -0.3 is 25.0 Å². The van der Waals surface area contributed by atoms with Gasteiger partial charge in [-0.15, -0.1) is 0 Å². The predicted octanol–water partition coefficient (Wildman–Crippen LogP) is 1.52. The molecule has 1 aromatic carbocycles. The molecule has 8 heteroatoms. The highest BCUT2D eigenvalue weighted by atomic mass is 19.1. The number of amides is 2. The first-order chi connectivity index (χ1) is 11.9. The van der Waals surface area contributed by atoms with Gasteiger partial charge in [-0.05, 0) is 23.8 Å². The van der Waals surface area contributed by atoms with Crippen LogP contribution in [-0.2, 0) is 16.1 Å². The van der Waals surface area contributed by atoms with Crippen molar-refractivity contribution in [2.45, 2.75) is 13.5 Å². The number of carboxylic acids is 1. The van der Waals surface area contributed by atoms with Gasteiger partial charge in [-0.1, -0.05) is 6.92 Å². The van der Waals surface area contributed by atoms with Crippen molar-refractivity contribution in [3.05, 3.63) is 29.6 Å². The maximum atomic E-state index is 13.6. The minimum atomic E-state index is -0.959. The quantitative estimate of drug-likeness (QED) is 0.810. The Bertz CT molecular complexity index is 620. The number of rotatable bonds is 6. The van der Waals surface area contributed by atoms with Gasteiger partial charge in [0, 0.05) is 38.9 Å². The molecule has 7 nitrogen and oxygen atoms in total. The Hall–Kier alpha value is -2.35. The van der Waals surface area contributed by atoms with E-state index in [1.54, 1.807) is 6.07 Å². The standard InChI is InChI=1S/C17H24FN3O4/c1-12(16(22)23)11-20(2)17(24)19-10-13-9-14(18)3-4-15(13)21-5-7-25-8-6-21/h3-4,9,12H,5-8,10-11H2,1-2H3,(H,19,24)(H,22,23). The number of urea groups is 1. The largest absolute Gasteiger partial charge is 0.481 e. The van der Waals surface area contributed by atoms with Crippen molar-refractivity contribution in [2.24, 2.45) is 5.92 Å². The van der Waals surface area contributed by atoms with Crippen molar-refractivity contribution in [2.75, 3.05) is 44.8 Å². The summed E-state index contributed by atoms with van der Waals surface area (Å²) in [6.45, 7) is 4.44. The van der Waals surface area contributed by atoms with Gasteiger partial charge >= 0.3 is 12.0 Å². The molecular formula is C17H24FN3O4. The smallest absolute Gasteiger partial charge is 0.317 e.